The molecule has 0 aromatic rings. The molecule has 0 bridgehead atoms. The average molecular weight is 863 g/mol. The fourth-order valence-corrected chi connectivity index (χ4v) is 8.31. The second-order valence-electron chi connectivity index (χ2n) is 19.6. The predicted octanol–water partition coefficient (Wildman–Crippen LogP) is 17.7. The standard InChI is InChI=1S/C55H106O6/c1-6-8-9-10-11-12-13-14-15-19-25-30-35-40-45-53(56)59-48-52(49-60-54(57)46-41-36-31-26-22-21-24-29-34-39-44-51(5)7-2)61-55(58)47-42-37-32-27-20-17-16-18-23-28-33-38-43-50(3)4/h50-52H,6-49H2,1-5H3/t51?,52-/m0/s1. The Hall–Kier alpha value is -1.59. The van der Waals surface area contributed by atoms with Crippen molar-refractivity contribution in [3.63, 3.8) is 0 Å². The van der Waals surface area contributed by atoms with Gasteiger partial charge in [-0.2, -0.15) is 0 Å². The third kappa shape index (κ3) is 47.7. The third-order valence-electron chi connectivity index (χ3n) is 12.8. The quantitative estimate of drug-likeness (QED) is 0.0344. The van der Waals surface area contributed by atoms with Gasteiger partial charge >= 0.3 is 17.9 Å². The summed E-state index contributed by atoms with van der Waals surface area (Å²) in [6.07, 6.45) is 49.3. The summed E-state index contributed by atoms with van der Waals surface area (Å²) >= 11 is 0. The molecule has 0 rings (SSSR count). The van der Waals surface area contributed by atoms with Gasteiger partial charge in [-0.05, 0) is 31.1 Å². The highest BCUT2D eigenvalue weighted by atomic mass is 16.6. The summed E-state index contributed by atoms with van der Waals surface area (Å²) in [7, 11) is 0. The molecule has 0 saturated heterocycles. The van der Waals surface area contributed by atoms with Gasteiger partial charge in [-0.15, -0.1) is 0 Å². The Morgan fingerprint density at radius 3 is 0.934 bits per heavy atom. The summed E-state index contributed by atoms with van der Waals surface area (Å²) in [6, 6.07) is 0. The minimum absolute atomic E-state index is 0.0632. The van der Waals surface area contributed by atoms with Crippen LogP contribution in [0.15, 0.2) is 0 Å². The lowest BCUT2D eigenvalue weighted by Crippen LogP contribution is -2.30. The molecular formula is C55H106O6. The van der Waals surface area contributed by atoms with Gasteiger partial charge in [-0.3, -0.25) is 14.4 Å². The number of esters is 3. The molecular weight excluding hydrogens is 757 g/mol. The van der Waals surface area contributed by atoms with E-state index in [0.717, 1.165) is 69.6 Å². The van der Waals surface area contributed by atoms with Gasteiger partial charge in [0.05, 0.1) is 0 Å². The molecule has 61 heavy (non-hydrogen) atoms. The van der Waals surface area contributed by atoms with E-state index in [-0.39, 0.29) is 31.1 Å². The number of carbonyl (C=O) groups is 3. The van der Waals surface area contributed by atoms with Crippen LogP contribution >= 0.6 is 0 Å². The summed E-state index contributed by atoms with van der Waals surface area (Å²) in [5.74, 6) is 0.858. The summed E-state index contributed by atoms with van der Waals surface area (Å²) in [5, 5.41) is 0. The number of carbonyl (C=O) groups excluding carboxylic acids is 3. The molecule has 0 aromatic heterocycles. The maximum absolute atomic E-state index is 12.8. The molecule has 6 heteroatoms. The molecule has 0 amide bonds. The first-order valence-corrected chi connectivity index (χ1v) is 27.3. The average Bonchev–Trinajstić information content (AvgIpc) is 3.24. The van der Waals surface area contributed by atoms with Crippen molar-refractivity contribution in [2.75, 3.05) is 13.2 Å². The number of hydrogen-bond donors (Lipinski definition) is 0. The Morgan fingerprint density at radius 2 is 0.623 bits per heavy atom. The molecule has 0 heterocycles. The van der Waals surface area contributed by atoms with Crippen molar-refractivity contribution >= 4 is 17.9 Å². The molecule has 0 fully saturated rings. The van der Waals surface area contributed by atoms with E-state index >= 15 is 0 Å². The second kappa shape index (κ2) is 47.9. The van der Waals surface area contributed by atoms with Crippen LogP contribution < -0.4 is 0 Å². The topological polar surface area (TPSA) is 78.9 Å². The van der Waals surface area contributed by atoms with Crippen LogP contribution in [0.25, 0.3) is 0 Å². The van der Waals surface area contributed by atoms with E-state index in [4.69, 9.17) is 14.2 Å². The molecule has 0 aliphatic carbocycles. The fraction of sp³-hybridized carbons (Fsp3) is 0.945. The highest BCUT2D eigenvalue weighted by Gasteiger charge is 2.19. The van der Waals surface area contributed by atoms with Crippen LogP contribution in [0.2, 0.25) is 0 Å². The van der Waals surface area contributed by atoms with Gasteiger partial charge in [0.2, 0.25) is 0 Å². The van der Waals surface area contributed by atoms with Crippen molar-refractivity contribution in [3.05, 3.63) is 0 Å². The van der Waals surface area contributed by atoms with Gasteiger partial charge in [-0.1, -0.05) is 266 Å². The highest BCUT2D eigenvalue weighted by molar-refractivity contribution is 5.71. The van der Waals surface area contributed by atoms with Gasteiger partial charge in [0, 0.05) is 19.3 Å². The van der Waals surface area contributed by atoms with Crippen molar-refractivity contribution < 1.29 is 28.6 Å². The van der Waals surface area contributed by atoms with Crippen molar-refractivity contribution in [2.24, 2.45) is 11.8 Å². The predicted molar refractivity (Wildman–Crippen MR) is 261 cm³/mol. The van der Waals surface area contributed by atoms with Gasteiger partial charge in [0.15, 0.2) is 6.10 Å². The van der Waals surface area contributed by atoms with E-state index in [1.807, 2.05) is 0 Å². The zero-order chi connectivity index (χ0) is 44.7. The molecule has 0 aliphatic heterocycles. The molecule has 0 radical (unpaired) electrons. The largest absolute Gasteiger partial charge is 0.462 e. The molecule has 0 spiro atoms. The zero-order valence-corrected chi connectivity index (χ0v) is 41.8. The van der Waals surface area contributed by atoms with E-state index in [1.165, 1.54) is 193 Å². The minimum atomic E-state index is -0.762. The van der Waals surface area contributed by atoms with Crippen molar-refractivity contribution in [3.8, 4) is 0 Å². The number of ether oxygens (including phenoxy) is 3. The van der Waals surface area contributed by atoms with E-state index in [1.54, 1.807) is 0 Å². The van der Waals surface area contributed by atoms with Crippen molar-refractivity contribution in [2.45, 2.75) is 310 Å². The smallest absolute Gasteiger partial charge is 0.306 e. The molecule has 0 N–H and O–H groups in total. The summed E-state index contributed by atoms with van der Waals surface area (Å²) < 4.78 is 16.9. The van der Waals surface area contributed by atoms with E-state index in [0.29, 0.717) is 19.3 Å². The molecule has 0 aromatic carbocycles. The van der Waals surface area contributed by atoms with E-state index < -0.39 is 6.10 Å². The van der Waals surface area contributed by atoms with Crippen LogP contribution in [0, 0.1) is 11.8 Å². The van der Waals surface area contributed by atoms with Crippen LogP contribution in [0.5, 0.6) is 0 Å². The highest BCUT2D eigenvalue weighted by Crippen LogP contribution is 2.18. The Labute approximate surface area is 380 Å². The normalized spacial score (nSPS) is 12.5. The zero-order valence-electron chi connectivity index (χ0n) is 41.8. The molecule has 2 atom stereocenters. The number of unbranched alkanes of at least 4 members (excludes halogenated alkanes) is 33. The van der Waals surface area contributed by atoms with Crippen LogP contribution in [0.4, 0.5) is 0 Å². The number of rotatable bonds is 49. The van der Waals surface area contributed by atoms with Crippen molar-refractivity contribution in [1.82, 2.24) is 0 Å². The van der Waals surface area contributed by atoms with Crippen LogP contribution in [0.1, 0.15) is 304 Å². The Bertz CT molecular complexity index is 933. The Kier molecular flexibility index (Phi) is 46.6. The lowest BCUT2D eigenvalue weighted by molar-refractivity contribution is -0.167. The third-order valence-corrected chi connectivity index (χ3v) is 12.8. The van der Waals surface area contributed by atoms with Gasteiger partial charge in [0.25, 0.3) is 0 Å². The lowest BCUT2D eigenvalue weighted by atomic mass is 9.99. The molecule has 6 nitrogen and oxygen atoms in total. The van der Waals surface area contributed by atoms with Crippen LogP contribution in [-0.2, 0) is 28.6 Å². The molecule has 0 aliphatic rings. The first-order valence-electron chi connectivity index (χ1n) is 27.3. The van der Waals surface area contributed by atoms with Gasteiger partial charge in [0.1, 0.15) is 13.2 Å². The van der Waals surface area contributed by atoms with Crippen LogP contribution in [-0.4, -0.2) is 37.2 Å². The fourth-order valence-electron chi connectivity index (χ4n) is 8.31. The minimum Gasteiger partial charge on any atom is -0.462 e. The van der Waals surface area contributed by atoms with Crippen molar-refractivity contribution in [1.29, 1.82) is 0 Å². The Morgan fingerprint density at radius 1 is 0.344 bits per heavy atom. The molecule has 362 valence electrons. The van der Waals surface area contributed by atoms with Gasteiger partial charge in [-0.25, -0.2) is 0 Å². The maximum Gasteiger partial charge on any atom is 0.306 e. The van der Waals surface area contributed by atoms with E-state index in [2.05, 4.69) is 34.6 Å². The maximum atomic E-state index is 12.8. The summed E-state index contributed by atoms with van der Waals surface area (Å²) in [5.41, 5.74) is 0. The van der Waals surface area contributed by atoms with Crippen LogP contribution in [0.3, 0.4) is 0 Å². The van der Waals surface area contributed by atoms with Gasteiger partial charge < -0.3 is 14.2 Å². The Balaban J connectivity index is 4.32. The monoisotopic (exact) mass is 863 g/mol. The summed E-state index contributed by atoms with van der Waals surface area (Å²) in [6.45, 7) is 11.4. The molecule has 0 saturated carbocycles. The van der Waals surface area contributed by atoms with E-state index in [9.17, 15) is 14.4 Å². The lowest BCUT2D eigenvalue weighted by Gasteiger charge is -2.18. The number of hydrogen-bond acceptors (Lipinski definition) is 6. The summed E-state index contributed by atoms with van der Waals surface area (Å²) in [4.78, 5) is 38.0. The second-order valence-corrected chi connectivity index (χ2v) is 19.6. The first kappa shape index (κ1) is 59.4. The first-order chi connectivity index (χ1) is 29.8. The SMILES string of the molecule is CCCCCCCCCCCCCCCCC(=O)OC[C@@H](COC(=O)CCCCCCCCCCCCC(C)CC)OC(=O)CCCCCCCCCCCCCCC(C)C. The molecule has 1 unspecified atom stereocenters.